The Hall–Kier alpha value is -1.69. The van der Waals surface area contributed by atoms with Crippen LogP contribution in [0.1, 0.15) is 21.6 Å². The molecule has 2 N–H and O–H groups in total. The Morgan fingerprint density at radius 3 is 2.78 bits per heavy atom. The van der Waals surface area contributed by atoms with Gasteiger partial charge in [0.25, 0.3) is 0 Å². The summed E-state index contributed by atoms with van der Waals surface area (Å²) < 4.78 is 0. The van der Waals surface area contributed by atoms with E-state index >= 15 is 0 Å². The van der Waals surface area contributed by atoms with E-state index in [-0.39, 0.29) is 0 Å². The average molecular weight is 326 g/mol. The lowest BCUT2D eigenvalue weighted by Crippen LogP contribution is -2.43. The fourth-order valence-electron chi connectivity index (χ4n) is 3.31. The number of nitrogens with two attached hydrogens (primary N) is 1. The molecule has 23 heavy (non-hydrogen) atoms. The molecule has 0 aliphatic carbocycles. The van der Waals surface area contributed by atoms with Gasteiger partial charge in [-0.1, -0.05) is 12.1 Å². The van der Waals surface area contributed by atoms with Crippen LogP contribution < -0.4 is 5.73 Å². The Balaban J connectivity index is 1.58. The van der Waals surface area contributed by atoms with E-state index < -0.39 is 0 Å². The SMILES string of the molecule is CN1CCN(Cc2ccc3c(c2)N=C(N)c2sccc2C3)CC1. The molecule has 0 spiro atoms. The Morgan fingerprint density at radius 1 is 1.13 bits per heavy atom. The zero-order valence-corrected chi connectivity index (χ0v) is 14.3. The third-order valence-electron chi connectivity index (χ3n) is 4.75. The Kier molecular flexibility index (Phi) is 3.93. The van der Waals surface area contributed by atoms with Gasteiger partial charge in [0.05, 0.1) is 10.6 Å². The number of nitrogens with zero attached hydrogens (tertiary/aromatic N) is 3. The first-order chi connectivity index (χ1) is 11.2. The van der Waals surface area contributed by atoms with E-state index in [9.17, 15) is 0 Å². The van der Waals surface area contributed by atoms with Gasteiger partial charge in [0.15, 0.2) is 0 Å². The third kappa shape index (κ3) is 3.04. The van der Waals surface area contributed by atoms with Gasteiger partial charge >= 0.3 is 0 Å². The lowest BCUT2D eigenvalue weighted by molar-refractivity contribution is 0.148. The molecule has 5 heteroatoms. The van der Waals surface area contributed by atoms with E-state index in [4.69, 9.17) is 10.7 Å². The van der Waals surface area contributed by atoms with Crippen LogP contribution in [0.5, 0.6) is 0 Å². The standard InChI is InChI=1S/C18H22N4S/c1-21-5-7-22(8-6-21)12-13-2-3-14-11-15-4-9-23-17(15)18(19)20-16(14)10-13/h2-4,9-10H,5-8,11-12H2,1H3,(H2,19,20). The molecule has 120 valence electrons. The number of hydrogen-bond acceptors (Lipinski definition) is 5. The van der Waals surface area contributed by atoms with Gasteiger partial charge in [-0.3, -0.25) is 4.90 Å². The number of benzene rings is 1. The van der Waals surface area contributed by atoms with E-state index in [1.54, 1.807) is 11.3 Å². The topological polar surface area (TPSA) is 44.9 Å². The maximum absolute atomic E-state index is 6.20. The fourth-order valence-corrected chi connectivity index (χ4v) is 4.14. The van der Waals surface area contributed by atoms with Crippen LogP contribution in [0.2, 0.25) is 0 Å². The predicted molar refractivity (Wildman–Crippen MR) is 96.7 cm³/mol. The van der Waals surface area contributed by atoms with Gasteiger partial charge in [0.2, 0.25) is 0 Å². The monoisotopic (exact) mass is 326 g/mol. The molecule has 0 amide bonds. The molecule has 0 radical (unpaired) electrons. The summed E-state index contributed by atoms with van der Waals surface area (Å²) in [7, 11) is 2.19. The molecule has 0 atom stereocenters. The number of aliphatic imine (C=N–C) groups is 1. The molecule has 2 aliphatic rings. The van der Waals surface area contributed by atoms with Crippen molar-refractivity contribution < 1.29 is 0 Å². The number of rotatable bonds is 2. The lowest BCUT2D eigenvalue weighted by atomic mass is 10.0. The highest BCUT2D eigenvalue weighted by Gasteiger charge is 2.18. The van der Waals surface area contributed by atoms with Crippen LogP contribution in [-0.4, -0.2) is 48.9 Å². The predicted octanol–water partition coefficient (Wildman–Crippen LogP) is 2.44. The summed E-state index contributed by atoms with van der Waals surface area (Å²) in [6.45, 7) is 5.57. The molecule has 1 aromatic carbocycles. The van der Waals surface area contributed by atoms with Crippen LogP contribution in [0.25, 0.3) is 0 Å². The van der Waals surface area contributed by atoms with Crippen molar-refractivity contribution in [3.63, 3.8) is 0 Å². The van der Waals surface area contributed by atoms with Crippen LogP contribution in [0.3, 0.4) is 0 Å². The third-order valence-corrected chi connectivity index (χ3v) is 5.73. The fraction of sp³-hybridized carbons (Fsp3) is 0.389. The highest BCUT2D eigenvalue weighted by atomic mass is 32.1. The minimum absolute atomic E-state index is 0.658. The molecule has 4 rings (SSSR count). The van der Waals surface area contributed by atoms with Gasteiger partial charge in [-0.15, -0.1) is 11.3 Å². The molecule has 0 bridgehead atoms. The number of fused-ring (bicyclic) bond motifs is 2. The van der Waals surface area contributed by atoms with E-state index in [1.165, 1.54) is 16.7 Å². The minimum Gasteiger partial charge on any atom is -0.382 e. The van der Waals surface area contributed by atoms with Crippen molar-refractivity contribution in [3.05, 3.63) is 51.2 Å². The first kappa shape index (κ1) is 14.9. The summed E-state index contributed by atoms with van der Waals surface area (Å²) in [5.41, 5.74) is 11.1. The molecular formula is C18H22N4S. The van der Waals surface area contributed by atoms with Crippen molar-refractivity contribution in [1.29, 1.82) is 0 Å². The van der Waals surface area contributed by atoms with E-state index in [2.05, 4.69) is 46.5 Å². The Morgan fingerprint density at radius 2 is 1.96 bits per heavy atom. The van der Waals surface area contributed by atoms with E-state index in [0.29, 0.717) is 5.84 Å². The van der Waals surface area contributed by atoms with Crippen molar-refractivity contribution in [2.45, 2.75) is 13.0 Å². The Labute approximate surface area is 141 Å². The summed E-state index contributed by atoms with van der Waals surface area (Å²) in [5, 5.41) is 2.10. The quantitative estimate of drug-likeness (QED) is 0.922. The molecule has 0 unspecified atom stereocenters. The van der Waals surface area contributed by atoms with Gasteiger partial charge in [-0.05, 0) is 41.3 Å². The molecule has 4 nitrogen and oxygen atoms in total. The second-order valence-corrected chi connectivity index (χ2v) is 7.41. The number of piperazine rings is 1. The van der Waals surface area contributed by atoms with Crippen molar-refractivity contribution >= 4 is 22.9 Å². The van der Waals surface area contributed by atoms with Crippen LogP contribution in [-0.2, 0) is 13.0 Å². The lowest BCUT2D eigenvalue weighted by Gasteiger charge is -2.32. The number of likely N-dealkylation sites (N-methyl/N-ethyl adjacent to an activating group) is 1. The average Bonchev–Trinajstić information content (AvgIpc) is 2.96. The van der Waals surface area contributed by atoms with Crippen LogP contribution >= 0.6 is 11.3 Å². The summed E-state index contributed by atoms with van der Waals surface area (Å²) in [6, 6.07) is 8.86. The molecule has 1 fully saturated rings. The van der Waals surface area contributed by atoms with Crippen molar-refractivity contribution in [3.8, 4) is 0 Å². The number of thiophene rings is 1. The summed E-state index contributed by atoms with van der Waals surface area (Å²) in [4.78, 5) is 10.7. The van der Waals surface area contributed by atoms with Gasteiger partial charge in [-0.25, -0.2) is 4.99 Å². The second-order valence-electron chi connectivity index (χ2n) is 6.49. The van der Waals surface area contributed by atoms with Crippen LogP contribution in [0, 0.1) is 0 Å². The highest BCUT2D eigenvalue weighted by Crippen LogP contribution is 2.31. The molecular weight excluding hydrogens is 304 g/mol. The summed E-state index contributed by atoms with van der Waals surface area (Å²) in [5.74, 6) is 0.658. The van der Waals surface area contributed by atoms with Crippen LogP contribution in [0.4, 0.5) is 5.69 Å². The highest BCUT2D eigenvalue weighted by molar-refractivity contribution is 7.12. The zero-order chi connectivity index (χ0) is 15.8. The molecule has 2 aromatic rings. The van der Waals surface area contributed by atoms with E-state index in [0.717, 1.165) is 49.7 Å². The van der Waals surface area contributed by atoms with Gasteiger partial charge in [0, 0.05) is 39.1 Å². The molecule has 1 saturated heterocycles. The molecule has 3 heterocycles. The van der Waals surface area contributed by atoms with Crippen LogP contribution in [0.15, 0.2) is 34.6 Å². The number of hydrogen-bond donors (Lipinski definition) is 1. The van der Waals surface area contributed by atoms with Gasteiger partial charge in [0.1, 0.15) is 5.84 Å². The second kappa shape index (κ2) is 6.07. The zero-order valence-electron chi connectivity index (χ0n) is 13.5. The summed E-state index contributed by atoms with van der Waals surface area (Å²) >= 11 is 1.68. The van der Waals surface area contributed by atoms with Crippen molar-refractivity contribution in [1.82, 2.24) is 9.80 Å². The molecule has 1 aromatic heterocycles. The molecule has 2 aliphatic heterocycles. The molecule has 0 saturated carbocycles. The smallest absolute Gasteiger partial charge is 0.141 e. The normalized spacial score (nSPS) is 18.9. The Bertz CT molecular complexity index is 741. The largest absolute Gasteiger partial charge is 0.382 e. The summed E-state index contributed by atoms with van der Waals surface area (Å²) in [6.07, 6.45) is 0.924. The minimum atomic E-state index is 0.658. The van der Waals surface area contributed by atoms with Gasteiger partial charge < -0.3 is 10.6 Å². The van der Waals surface area contributed by atoms with Gasteiger partial charge in [-0.2, -0.15) is 0 Å². The number of amidine groups is 1. The maximum Gasteiger partial charge on any atom is 0.141 e. The maximum atomic E-state index is 6.20. The van der Waals surface area contributed by atoms with E-state index in [1.807, 2.05) is 0 Å². The van der Waals surface area contributed by atoms with Crippen molar-refractivity contribution in [2.24, 2.45) is 10.7 Å². The first-order valence-corrected chi connectivity index (χ1v) is 9.00. The van der Waals surface area contributed by atoms with Crippen molar-refractivity contribution in [2.75, 3.05) is 33.2 Å². The first-order valence-electron chi connectivity index (χ1n) is 8.12.